The second-order valence-electron chi connectivity index (χ2n) is 5.09. The largest absolute Gasteiger partial charge is 0.311 e. The Morgan fingerprint density at radius 2 is 1.71 bits per heavy atom. The third-order valence-electron chi connectivity index (χ3n) is 3.36. The van der Waals surface area contributed by atoms with Crippen LogP contribution in [0.1, 0.15) is 22.8 Å². The minimum Gasteiger partial charge on any atom is -0.311 e. The summed E-state index contributed by atoms with van der Waals surface area (Å²) in [7, 11) is -1.79. The quantitative estimate of drug-likeness (QED) is 0.789. The van der Waals surface area contributed by atoms with E-state index in [1.54, 1.807) is 62.8 Å². The van der Waals surface area contributed by atoms with E-state index in [4.69, 9.17) is 0 Å². The van der Waals surface area contributed by atoms with Crippen molar-refractivity contribution in [2.45, 2.75) is 13.5 Å². The summed E-state index contributed by atoms with van der Waals surface area (Å²) in [5.41, 5.74) is 2.06. The van der Waals surface area contributed by atoms with Gasteiger partial charge in [0.2, 0.25) is 0 Å². The Morgan fingerprint density at radius 1 is 1.08 bits per heavy atom. The number of benzene rings is 1. The van der Waals surface area contributed by atoms with Gasteiger partial charge in [0.05, 0.1) is 0 Å². The Bertz CT molecular complexity index is 777. The van der Waals surface area contributed by atoms with Crippen LogP contribution in [-0.4, -0.2) is 32.9 Å². The lowest BCUT2D eigenvalue weighted by Crippen LogP contribution is -2.35. The Balaban J connectivity index is 2.02. The molecule has 0 aliphatic rings. The summed E-state index contributed by atoms with van der Waals surface area (Å²) in [4.78, 5) is 17.8. The highest BCUT2D eigenvalue weighted by atomic mass is 32.2. The average molecular weight is 348 g/mol. The van der Waals surface area contributed by atoms with E-state index in [9.17, 15) is 13.2 Å². The Hall–Kier alpha value is -2.29. The number of carbonyl (C=O) groups excluding carboxylic acids is 1. The smallest absolute Gasteiger partial charge is 0.277 e. The zero-order valence-corrected chi connectivity index (χ0v) is 14.4. The van der Waals surface area contributed by atoms with Crippen LogP contribution in [0.25, 0.3) is 0 Å². The van der Waals surface area contributed by atoms with Crippen molar-refractivity contribution in [3.63, 3.8) is 0 Å². The minimum atomic E-state index is -3.48. The maximum atomic E-state index is 12.4. The number of amides is 1. The minimum absolute atomic E-state index is 0.141. The Morgan fingerprint density at radius 3 is 2.29 bits per heavy atom. The molecule has 0 aliphatic carbocycles. The van der Waals surface area contributed by atoms with Crippen molar-refractivity contribution in [1.82, 2.24) is 14.4 Å². The first kappa shape index (κ1) is 18.1. The van der Waals surface area contributed by atoms with Crippen LogP contribution in [-0.2, 0) is 16.8 Å². The van der Waals surface area contributed by atoms with Crippen molar-refractivity contribution in [2.24, 2.45) is 0 Å². The topological polar surface area (TPSA) is 91.4 Å². The van der Waals surface area contributed by atoms with Gasteiger partial charge in [-0.1, -0.05) is 19.1 Å². The first-order valence-corrected chi connectivity index (χ1v) is 8.92. The van der Waals surface area contributed by atoms with Crippen molar-refractivity contribution in [2.75, 3.05) is 18.5 Å². The van der Waals surface area contributed by atoms with Crippen LogP contribution < -0.4 is 14.3 Å². The van der Waals surface area contributed by atoms with Gasteiger partial charge in [-0.3, -0.25) is 9.78 Å². The second-order valence-corrected chi connectivity index (χ2v) is 6.67. The molecule has 0 aliphatic heterocycles. The van der Waals surface area contributed by atoms with Crippen LogP contribution in [0.2, 0.25) is 0 Å². The zero-order chi connectivity index (χ0) is 17.6. The number of carbonyl (C=O) groups is 1. The third-order valence-corrected chi connectivity index (χ3v) is 4.55. The molecule has 1 aromatic heterocycles. The van der Waals surface area contributed by atoms with Gasteiger partial charge in [0.25, 0.3) is 16.1 Å². The monoisotopic (exact) mass is 348 g/mol. The van der Waals surface area contributed by atoms with E-state index >= 15 is 0 Å². The van der Waals surface area contributed by atoms with Crippen molar-refractivity contribution >= 4 is 21.8 Å². The van der Waals surface area contributed by atoms with Crippen LogP contribution in [0.4, 0.5) is 5.69 Å². The molecule has 0 fully saturated rings. The zero-order valence-electron chi connectivity index (χ0n) is 13.6. The van der Waals surface area contributed by atoms with Crippen LogP contribution in [0.5, 0.6) is 0 Å². The van der Waals surface area contributed by atoms with Crippen molar-refractivity contribution in [3.05, 3.63) is 59.9 Å². The highest BCUT2D eigenvalue weighted by molar-refractivity contribution is 7.87. The molecule has 0 bridgehead atoms. The Labute approximate surface area is 141 Å². The lowest BCUT2D eigenvalue weighted by atomic mass is 10.2. The predicted molar refractivity (Wildman–Crippen MR) is 92.8 cm³/mol. The van der Waals surface area contributed by atoms with Crippen molar-refractivity contribution in [1.29, 1.82) is 0 Å². The van der Waals surface area contributed by atoms with Gasteiger partial charge in [-0.15, -0.1) is 0 Å². The lowest BCUT2D eigenvalue weighted by Gasteiger charge is -2.17. The number of rotatable bonds is 7. The molecule has 24 heavy (non-hydrogen) atoms. The molecule has 0 spiro atoms. The standard InChI is InChI=1S/C16H20N4O3S/c1-3-18-24(22,23)19-12-13-4-6-15(7-5-13)20(2)16(21)14-8-10-17-11-9-14/h4-11,18-19H,3,12H2,1-2H3. The fourth-order valence-corrected chi connectivity index (χ4v) is 2.90. The van der Waals surface area contributed by atoms with Crippen molar-refractivity contribution < 1.29 is 13.2 Å². The normalized spacial score (nSPS) is 11.2. The molecule has 7 nitrogen and oxygen atoms in total. The van der Waals surface area contributed by atoms with E-state index in [0.29, 0.717) is 12.1 Å². The van der Waals surface area contributed by atoms with E-state index < -0.39 is 10.2 Å². The number of hydrogen-bond donors (Lipinski definition) is 2. The predicted octanol–water partition coefficient (Wildman–Crippen LogP) is 1.30. The van der Waals surface area contributed by atoms with Gasteiger partial charge < -0.3 is 4.90 Å². The number of pyridine rings is 1. The maximum Gasteiger partial charge on any atom is 0.277 e. The van der Waals surface area contributed by atoms with Crippen molar-refractivity contribution in [3.8, 4) is 0 Å². The highest BCUT2D eigenvalue weighted by Gasteiger charge is 2.13. The van der Waals surface area contributed by atoms with E-state index in [-0.39, 0.29) is 12.5 Å². The molecular formula is C16H20N4O3S. The van der Waals surface area contributed by atoms with Gasteiger partial charge in [-0.05, 0) is 29.8 Å². The summed E-state index contributed by atoms with van der Waals surface area (Å²) in [5.74, 6) is -0.141. The summed E-state index contributed by atoms with van der Waals surface area (Å²) in [6.45, 7) is 2.22. The maximum absolute atomic E-state index is 12.4. The van der Waals surface area contributed by atoms with Crippen LogP contribution in [0.3, 0.4) is 0 Å². The van der Waals surface area contributed by atoms with Crippen LogP contribution >= 0.6 is 0 Å². The molecular weight excluding hydrogens is 328 g/mol. The molecule has 2 rings (SSSR count). The Kier molecular flexibility index (Phi) is 6.02. The van der Waals surface area contributed by atoms with Gasteiger partial charge in [0, 0.05) is 43.8 Å². The van der Waals surface area contributed by atoms with Crippen LogP contribution in [0, 0.1) is 0 Å². The van der Waals surface area contributed by atoms with Crippen LogP contribution in [0.15, 0.2) is 48.8 Å². The molecule has 1 heterocycles. The second kappa shape index (κ2) is 8.00. The molecule has 0 atom stereocenters. The highest BCUT2D eigenvalue weighted by Crippen LogP contribution is 2.16. The fourth-order valence-electron chi connectivity index (χ4n) is 2.06. The number of hydrogen-bond acceptors (Lipinski definition) is 4. The van der Waals surface area contributed by atoms with E-state index in [1.807, 2.05) is 0 Å². The summed E-state index contributed by atoms with van der Waals surface area (Å²) in [6, 6.07) is 10.4. The first-order chi connectivity index (χ1) is 11.4. The molecule has 1 aromatic carbocycles. The summed E-state index contributed by atoms with van der Waals surface area (Å²) in [6.07, 6.45) is 3.14. The van der Waals surface area contributed by atoms with Gasteiger partial charge in [-0.2, -0.15) is 13.1 Å². The molecule has 8 heteroatoms. The third kappa shape index (κ3) is 4.85. The van der Waals surface area contributed by atoms with Gasteiger partial charge in [-0.25, -0.2) is 4.72 Å². The molecule has 128 valence electrons. The molecule has 0 saturated heterocycles. The number of nitrogens with zero attached hydrogens (tertiary/aromatic N) is 2. The summed E-state index contributed by atoms with van der Waals surface area (Å²) >= 11 is 0. The summed E-state index contributed by atoms with van der Waals surface area (Å²) in [5, 5.41) is 0. The van der Waals surface area contributed by atoms with Gasteiger partial charge >= 0.3 is 0 Å². The SMILES string of the molecule is CCNS(=O)(=O)NCc1ccc(N(C)C(=O)c2ccncc2)cc1. The lowest BCUT2D eigenvalue weighted by molar-refractivity contribution is 0.0993. The molecule has 1 amide bonds. The van der Waals surface area contributed by atoms with Gasteiger partial charge in [0.1, 0.15) is 0 Å². The number of nitrogens with one attached hydrogen (secondary N) is 2. The molecule has 2 N–H and O–H groups in total. The number of aromatic nitrogens is 1. The summed E-state index contributed by atoms with van der Waals surface area (Å²) < 4.78 is 27.9. The van der Waals surface area contributed by atoms with E-state index in [2.05, 4.69) is 14.4 Å². The average Bonchev–Trinajstić information content (AvgIpc) is 2.60. The van der Waals surface area contributed by atoms with E-state index in [1.165, 1.54) is 4.90 Å². The molecule has 0 unspecified atom stereocenters. The first-order valence-electron chi connectivity index (χ1n) is 7.44. The van der Waals surface area contributed by atoms with Gasteiger partial charge in [0.15, 0.2) is 0 Å². The number of anilines is 1. The molecule has 0 radical (unpaired) electrons. The molecule has 2 aromatic rings. The van der Waals surface area contributed by atoms with E-state index in [0.717, 1.165) is 11.3 Å². The fraction of sp³-hybridized carbons (Fsp3) is 0.250. The molecule has 0 saturated carbocycles.